The smallest absolute Gasteiger partial charge is 0.326 e. The molecule has 0 radical (unpaired) electrons. The zero-order valence-corrected chi connectivity index (χ0v) is 12.8. The topological polar surface area (TPSA) is 69.6 Å². The Morgan fingerprint density at radius 1 is 1.48 bits per heavy atom. The number of amides is 2. The Hall–Kier alpha value is -1.75. The van der Waals surface area contributed by atoms with E-state index in [2.05, 4.69) is 5.32 Å². The lowest BCUT2D eigenvalue weighted by molar-refractivity contribution is -0.142. The number of hydrogen-bond acceptors (Lipinski definition) is 2. The minimum Gasteiger partial charge on any atom is -0.480 e. The molecule has 1 saturated heterocycles. The van der Waals surface area contributed by atoms with Gasteiger partial charge in [-0.3, -0.25) is 0 Å². The number of rotatable bonds is 3. The summed E-state index contributed by atoms with van der Waals surface area (Å²) < 4.78 is 0. The molecule has 0 saturated carbocycles. The molecule has 1 fully saturated rings. The number of carboxylic acid groups (broad SMARTS) is 1. The van der Waals surface area contributed by atoms with Gasteiger partial charge in [-0.1, -0.05) is 30.7 Å². The summed E-state index contributed by atoms with van der Waals surface area (Å²) in [5.74, 6) is -0.986. The van der Waals surface area contributed by atoms with Crippen molar-refractivity contribution in [3.05, 3.63) is 34.9 Å². The van der Waals surface area contributed by atoms with Crippen molar-refractivity contribution in [3.63, 3.8) is 0 Å². The summed E-state index contributed by atoms with van der Waals surface area (Å²) >= 11 is 5.94. The maximum Gasteiger partial charge on any atom is 0.326 e. The summed E-state index contributed by atoms with van der Waals surface area (Å²) in [6.07, 6.45) is 0.704. The zero-order valence-electron chi connectivity index (χ0n) is 12.0. The SMILES string of the molecule is CC(NC(=O)N1CCC(C)C1C(=O)O)c1cccc(Cl)c1. The van der Waals surface area contributed by atoms with Crippen LogP contribution in [0.5, 0.6) is 0 Å². The van der Waals surface area contributed by atoms with Gasteiger partial charge in [-0.05, 0) is 37.0 Å². The van der Waals surface area contributed by atoms with Gasteiger partial charge in [0, 0.05) is 11.6 Å². The molecule has 5 nitrogen and oxygen atoms in total. The van der Waals surface area contributed by atoms with Crippen molar-refractivity contribution in [3.8, 4) is 0 Å². The Labute approximate surface area is 128 Å². The molecule has 0 aromatic heterocycles. The number of halogens is 1. The van der Waals surface area contributed by atoms with Crippen molar-refractivity contribution >= 4 is 23.6 Å². The van der Waals surface area contributed by atoms with E-state index in [9.17, 15) is 14.7 Å². The molecule has 3 unspecified atom stereocenters. The number of nitrogens with one attached hydrogen (secondary N) is 1. The maximum absolute atomic E-state index is 12.3. The maximum atomic E-state index is 12.3. The van der Waals surface area contributed by atoms with E-state index in [1.165, 1.54) is 4.90 Å². The minimum atomic E-state index is -0.953. The van der Waals surface area contributed by atoms with E-state index in [4.69, 9.17) is 11.6 Å². The fourth-order valence-electron chi connectivity index (χ4n) is 2.68. The van der Waals surface area contributed by atoms with Gasteiger partial charge in [-0.2, -0.15) is 0 Å². The Morgan fingerprint density at radius 3 is 2.81 bits per heavy atom. The van der Waals surface area contributed by atoms with Crippen LogP contribution < -0.4 is 5.32 Å². The van der Waals surface area contributed by atoms with Gasteiger partial charge in [0.2, 0.25) is 0 Å². The lowest BCUT2D eigenvalue weighted by Gasteiger charge is -2.26. The number of urea groups is 1. The van der Waals surface area contributed by atoms with Gasteiger partial charge in [0.15, 0.2) is 0 Å². The molecule has 1 heterocycles. The molecule has 0 aliphatic carbocycles. The molecule has 2 N–H and O–H groups in total. The van der Waals surface area contributed by atoms with Crippen molar-refractivity contribution in [1.29, 1.82) is 0 Å². The average Bonchev–Trinajstić information content (AvgIpc) is 2.80. The van der Waals surface area contributed by atoms with Gasteiger partial charge in [-0.25, -0.2) is 9.59 Å². The van der Waals surface area contributed by atoms with E-state index in [0.29, 0.717) is 18.0 Å². The Bertz CT molecular complexity index is 549. The normalized spacial score (nSPS) is 22.9. The van der Waals surface area contributed by atoms with Crippen LogP contribution >= 0.6 is 11.6 Å². The molecule has 1 aliphatic heterocycles. The van der Waals surface area contributed by atoms with Crippen LogP contribution in [0.3, 0.4) is 0 Å². The molecule has 2 rings (SSSR count). The number of carbonyl (C=O) groups excluding carboxylic acids is 1. The summed E-state index contributed by atoms with van der Waals surface area (Å²) in [7, 11) is 0. The van der Waals surface area contributed by atoms with E-state index < -0.39 is 12.0 Å². The Morgan fingerprint density at radius 2 is 2.19 bits per heavy atom. The molecule has 1 aromatic rings. The minimum absolute atomic E-state index is 0.0327. The summed E-state index contributed by atoms with van der Waals surface area (Å²) in [5, 5.41) is 12.7. The van der Waals surface area contributed by atoms with E-state index in [-0.39, 0.29) is 18.0 Å². The first kappa shape index (κ1) is 15.6. The van der Waals surface area contributed by atoms with Gasteiger partial charge >= 0.3 is 12.0 Å². The lowest BCUT2D eigenvalue weighted by Crippen LogP contribution is -2.48. The van der Waals surface area contributed by atoms with Crippen molar-refractivity contribution in [2.75, 3.05) is 6.54 Å². The second-order valence-electron chi connectivity index (χ2n) is 5.47. The summed E-state index contributed by atoms with van der Waals surface area (Å²) in [6, 6.07) is 5.91. The van der Waals surface area contributed by atoms with Crippen LogP contribution in [0.2, 0.25) is 5.02 Å². The van der Waals surface area contributed by atoms with Crippen molar-refractivity contribution in [2.45, 2.75) is 32.4 Å². The zero-order chi connectivity index (χ0) is 15.6. The number of carboxylic acids is 1. The average molecular weight is 311 g/mol. The van der Waals surface area contributed by atoms with Gasteiger partial charge in [0.1, 0.15) is 6.04 Å². The highest BCUT2D eigenvalue weighted by Crippen LogP contribution is 2.25. The van der Waals surface area contributed by atoms with Gasteiger partial charge in [0.25, 0.3) is 0 Å². The summed E-state index contributed by atoms with van der Waals surface area (Å²) in [4.78, 5) is 25.0. The molecule has 2 amide bonds. The number of carbonyl (C=O) groups is 2. The number of nitrogens with zero attached hydrogens (tertiary/aromatic N) is 1. The monoisotopic (exact) mass is 310 g/mol. The quantitative estimate of drug-likeness (QED) is 0.902. The molecular weight excluding hydrogens is 292 g/mol. The molecule has 3 atom stereocenters. The molecule has 1 aromatic carbocycles. The molecule has 0 bridgehead atoms. The van der Waals surface area contributed by atoms with Crippen LogP contribution in [-0.4, -0.2) is 34.6 Å². The predicted octanol–water partition coefficient (Wildman–Crippen LogP) is 2.91. The van der Waals surface area contributed by atoms with Crippen LogP contribution in [0.15, 0.2) is 24.3 Å². The second-order valence-corrected chi connectivity index (χ2v) is 5.91. The molecule has 114 valence electrons. The van der Waals surface area contributed by atoms with E-state index in [1.54, 1.807) is 12.1 Å². The third-order valence-electron chi connectivity index (χ3n) is 3.90. The first-order valence-electron chi connectivity index (χ1n) is 6.95. The molecule has 0 spiro atoms. The second kappa shape index (κ2) is 6.35. The Balaban J connectivity index is 2.06. The third kappa shape index (κ3) is 3.47. The summed E-state index contributed by atoms with van der Waals surface area (Å²) in [6.45, 7) is 4.16. The van der Waals surface area contributed by atoms with E-state index in [0.717, 1.165) is 5.56 Å². The highest BCUT2D eigenvalue weighted by molar-refractivity contribution is 6.30. The predicted molar refractivity (Wildman–Crippen MR) is 80.3 cm³/mol. The highest BCUT2D eigenvalue weighted by Gasteiger charge is 2.39. The van der Waals surface area contributed by atoms with Crippen molar-refractivity contribution in [2.24, 2.45) is 5.92 Å². The highest BCUT2D eigenvalue weighted by atomic mass is 35.5. The van der Waals surface area contributed by atoms with Gasteiger partial charge in [0.05, 0.1) is 6.04 Å². The number of hydrogen-bond donors (Lipinski definition) is 2. The molecule has 21 heavy (non-hydrogen) atoms. The first-order chi connectivity index (χ1) is 9.90. The molecule has 6 heteroatoms. The third-order valence-corrected chi connectivity index (χ3v) is 4.14. The van der Waals surface area contributed by atoms with Crippen LogP contribution in [0.25, 0.3) is 0 Å². The number of likely N-dealkylation sites (tertiary alicyclic amines) is 1. The van der Waals surface area contributed by atoms with Crippen LogP contribution in [0, 0.1) is 5.92 Å². The fraction of sp³-hybridized carbons (Fsp3) is 0.467. The Kier molecular flexibility index (Phi) is 4.73. The van der Waals surface area contributed by atoms with Crippen LogP contribution in [0.1, 0.15) is 31.9 Å². The molecule has 1 aliphatic rings. The largest absolute Gasteiger partial charge is 0.480 e. The van der Waals surface area contributed by atoms with Gasteiger partial charge in [-0.15, -0.1) is 0 Å². The van der Waals surface area contributed by atoms with Crippen LogP contribution in [0.4, 0.5) is 4.79 Å². The van der Waals surface area contributed by atoms with Gasteiger partial charge < -0.3 is 15.3 Å². The lowest BCUT2D eigenvalue weighted by atomic mass is 10.0. The first-order valence-corrected chi connectivity index (χ1v) is 7.33. The molecular formula is C15H19ClN2O3. The summed E-state index contributed by atoms with van der Waals surface area (Å²) in [5.41, 5.74) is 0.884. The van der Waals surface area contributed by atoms with Crippen LogP contribution in [-0.2, 0) is 4.79 Å². The van der Waals surface area contributed by atoms with Crippen molar-refractivity contribution < 1.29 is 14.7 Å². The number of benzene rings is 1. The number of aliphatic carboxylic acids is 1. The fourth-order valence-corrected chi connectivity index (χ4v) is 2.88. The van der Waals surface area contributed by atoms with E-state index in [1.807, 2.05) is 26.0 Å². The van der Waals surface area contributed by atoms with Crippen molar-refractivity contribution in [1.82, 2.24) is 10.2 Å². The standard InChI is InChI=1S/C15H19ClN2O3/c1-9-6-7-18(13(9)14(19)20)15(21)17-10(2)11-4-3-5-12(16)8-11/h3-5,8-10,13H,6-7H2,1-2H3,(H,17,21)(H,19,20). The van der Waals surface area contributed by atoms with E-state index >= 15 is 0 Å².